The molecule has 0 bridgehead atoms. The zero-order valence-electron chi connectivity index (χ0n) is 36.1. The van der Waals surface area contributed by atoms with Gasteiger partial charge in [0.25, 0.3) is 0 Å². The number of hydrogen-bond acceptors (Lipinski definition) is 3. The molecule has 3 N–H and O–H groups in total. The molecular weight excluding hydrogens is 687 g/mol. The lowest BCUT2D eigenvalue weighted by Gasteiger charge is -2.19. The van der Waals surface area contributed by atoms with Gasteiger partial charge in [-0.1, -0.05) is 200 Å². The molecule has 1 amide bonds. The average molecular weight is 772 g/mol. The lowest BCUT2D eigenvalue weighted by molar-refractivity contribution is -0.123. The monoisotopic (exact) mass is 772 g/mol. The smallest absolute Gasteiger partial charge is 0.220 e. The van der Waals surface area contributed by atoms with Crippen molar-refractivity contribution in [1.82, 2.24) is 5.32 Å². The Morgan fingerprint density at radius 2 is 0.804 bits per heavy atom. The molecular formula is C52H85NO3. The molecule has 0 saturated carbocycles. The van der Waals surface area contributed by atoms with E-state index in [1.165, 1.54) is 70.6 Å². The van der Waals surface area contributed by atoms with Gasteiger partial charge in [0.1, 0.15) is 0 Å². The fraction of sp³-hybridized carbons (Fsp3) is 0.596. The third kappa shape index (κ3) is 41.9. The highest BCUT2D eigenvalue weighted by Gasteiger charge is 2.17. The van der Waals surface area contributed by atoms with Crippen LogP contribution in [0.15, 0.2) is 122 Å². The normalized spacial score (nSPS) is 14.1. The Morgan fingerprint density at radius 1 is 0.446 bits per heavy atom. The van der Waals surface area contributed by atoms with Crippen LogP contribution in [0.1, 0.15) is 181 Å². The highest BCUT2D eigenvalue weighted by molar-refractivity contribution is 5.76. The van der Waals surface area contributed by atoms with Crippen LogP contribution in [0, 0.1) is 0 Å². The summed E-state index contributed by atoms with van der Waals surface area (Å²) >= 11 is 0. The standard InChI is InChI=1S/C52H85NO3/c1-3-5-7-9-11-13-14-15-16-17-18-19-20-21-22-23-24-25-26-27-28-29-30-31-32-33-34-35-36-37-38-40-42-44-46-48-52(56)53-50(49-54)51(55)47-45-43-41-39-12-10-8-6-4-2/h5,7,11-13,15-16,18-19,21-22,24-25,27-28,30-31,39,45,47,50-51,54-55H,3-4,6,8-10,14,17,20,23,26,29,32-38,40-44,46,48-49H2,1-2H3,(H,53,56)/b7-5-,13-11-,16-15-,19-18-,22-21-,25-24-,28-27-,31-30-,39-12+,47-45+. The molecule has 4 nitrogen and oxygen atoms in total. The fourth-order valence-corrected chi connectivity index (χ4v) is 5.97. The summed E-state index contributed by atoms with van der Waals surface area (Å²) in [6, 6.07) is -0.647. The Labute approximate surface area is 346 Å². The summed E-state index contributed by atoms with van der Waals surface area (Å²) in [5, 5.41) is 22.8. The minimum Gasteiger partial charge on any atom is -0.394 e. The van der Waals surface area contributed by atoms with Gasteiger partial charge in [0.15, 0.2) is 0 Å². The van der Waals surface area contributed by atoms with Crippen molar-refractivity contribution >= 4 is 5.91 Å². The molecule has 0 saturated heterocycles. The second-order valence-corrected chi connectivity index (χ2v) is 14.7. The van der Waals surface area contributed by atoms with E-state index in [2.05, 4.69) is 129 Å². The summed E-state index contributed by atoms with van der Waals surface area (Å²) < 4.78 is 0. The number of aliphatic hydroxyl groups is 2. The van der Waals surface area contributed by atoms with E-state index >= 15 is 0 Å². The molecule has 0 rings (SSSR count). The summed E-state index contributed by atoms with van der Waals surface area (Å²) in [7, 11) is 0. The molecule has 0 aromatic heterocycles. The van der Waals surface area contributed by atoms with Crippen LogP contribution in [-0.4, -0.2) is 34.9 Å². The van der Waals surface area contributed by atoms with Crippen molar-refractivity contribution < 1.29 is 15.0 Å². The number of aliphatic hydroxyl groups excluding tert-OH is 2. The minimum absolute atomic E-state index is 0.0883. The lowest BCUT2D eigenvalue weighted by atomic mass is 10.0. The van der Waals surface area contributed by atoms with Crippen LogP contribution < -0.4 is 5.32 Å². The molecule has 0 aliphatic heterocycles. The van der Waals surface area contributed by atoms with Gasteiger partial charge < -0.3 is 15.5 Å². The average Bonchev–Trinajstić information content (AvgIpc) is 3.20. The largest absolute Gasteiger partial charge is 0.394 e. The summed E-state index contributed by atoms with van der Waals surface area (Å²) in [4.78, 5) is 12.3. The van der Waals surface area contributed by atoms with Crippen LogP contribution in [0.2, 0.25) is 0 Å². The van der Waals surface area contributed by atoms with Gasteiger partial charge in [0.2, 0.25) is 5.91 Å². The number of carbonyl (C=O) groups excluding carboxylic acids is 1. The van der Waals surface area contributed by atoms with Gasteiger partial charge in [-0.2, -0.15) is 0 Å². The lowest BCUT2D eigenvalue weighted by Crippen LogP contribution is -2.45. The molecule has 0 aromatic rings. The summed E-state index contributed by atoms with van der Waals surface area (Å²) in [6.07, 6.45) is 71.8. The van der Waals surface area contributed by atoms with Crippen LogP contribution in [-0.2, 0) is 4.79 Å². The van der Waals surface area contributed by atoms with Crippen molar-refractivity contribution in [3.05, 3.63) is 122 Å². The molecule has 4 heteroatoms. The van der Waals surface area contributed by atoms with E-state index in [1.807, 2.05) is 6.08 Å². The Kier molecular flexibility index (Phi) is 43.5. The fourth-order valence-electron chi connectivity index (χ4n) is 5.97. The van der Waals surface area contributed by atoms with Gasteiger partial charge >= 0.3 is 0 Å². The number of hydrogen-bond donors (Lipinski definition) is 3. The third-order valence-electron chi connectivity index (χ3n) is 9.43. The van der Waals surface area contributed by atoms with Crippen molar-refractivity contribution in [3.8, 4) is 0 Å². The maximum absolute atomic E-state index is 12.3. The topological polar surface area (TPSA) is 69.6 Å². The Morgan fingerprint density at radius 3 is 1.25 bits per heavy atom. The maximum Gasteiger partial charge on any atom is 0.220 e. The first-order chi connectivity index (χ1) is 27.7. The highest BCUT2D eigenvalue weighted by atomic mass is 16.3. The Balaban J connectivity index is 3.62. The predicted molar refractivity (Wildman–Crippen MR) is 248 cm³/mol. The molecule has 0 aliphatic rings. The third-order valence-corrected chi connectivity index (χ3v) is 9.43. The van der Waals surface area contributed by atoms with Gasteiger partial charge in [-0.05, 0) is 96.3 Å². The van der Waals surface area contributed by atoms with Crippen LogP contribution in [0.4, 0.5) is 0 Å². The number of unbranched alkanes of at least 4 members (excludes halogenated alkanes) is 14. The maximum atomic E-state index is 12.3. The van der Waals surface area contributed by atoms with Gasteiger partial charge in [0, 0.05) is 6.42 Å². The minimum atomic E-state index is -0.869. The first-order valence-electron chi connectivity index (χ1n) is 22.7. The Hall–Kier alpha value is -3.21. The molecule has 0 aliphatic carbocycles. The molecule has 0 heterocycles. The highest BCUT2D eigenvalue weighted by Crippen LogP contribution is 2.13. The first-order valence-corrected chi connectivity index (χ1v) is 22.7. The molecule has 0 aromatic carbocycles. The van der Waals surface area contributed by atoms with Crippen LogP contribution in [0.3, 0.4) is 0 Å². The number of allylic oxidation sites excluding steroid dienone is 19. The summed E-state index contributed by atoms with van der Waals surface area (Å²) in [5.74, 6) is -0.0883. The van der Waals surface area contributed by atoms with E-state index in [0.29, 0.717) is 6.42 Å². The number of rotatable bonds is 39. The molecule has 0 spiro atoms. The van der Waals surface area contributed by atoms with Crippen LogP contribution in [0.5, 0.6) is 0 Å². The van der Waals surface area contributed by atoms with Crippen LogP contribution >= 0.6 is 0 Å². The van der Waals surface area contributed by atoms with E-state index in [0.717, 1.165) is 89.9 Å². The zero-order chi connectivity index (χ0) is 40.7. The number of amides is 1. The molecule has 0 fully saturated rings. The predicted octanol–water partition coefficient (Wildman–Crippen LogP) is 14.6. The summed E-state index contributed by atoms with van der Waals surface area (Å²) in [5.41, 5.74) is 0. The van der Waals surface area contributed by atoms with E-state index in [9.17, 15) is 15.0 Å². The molecule has 2 atom stereocenters. The van der Waals surface area contributed by atoms with E-state index in [-0.39, 0.29) is 12.5 Å². The van der Waals surface area contributed by atoms with Gasteiger partial charge in [-0.25, -0.2) is 0 Å². The van der Waals surface area contributed by atoms with Crippen molar-refractivity contribution in [3.63, 3.8) is 0 Å². The second-order valence-electron chi connectivity index (χ2n) is 14.7. The number of carbonyl (C=O) groups is 1. The first kappa shape index (κ1) is 52.8. The van der Waals surface area contributed by atoms with E-state index in [4.69, 9.17) is 0 Å². The molecule has 2 unspecified atom stereocenters. The molecule has 316 valence electrons. The van der Waals surface area contributed by atoms with E-state index in [1.54, 1.807) is 6.08 Å². The van der Waals surface area contributed by atoms with Crippen molar-refractivity contribution in [2.75, 3.05) is 6.61 Å². The van der Waals surface area contributed by atoms with E-state index < -0.39 is 12.1 Å². The number of nitrogens with one attached hydrogen (secondary N) is 1. The van der Waals surface area contributed by atoms with Gasteiger partial charge in [-0.15, -0.1) is 0 Å². The SMILES string of the molecule is CC/C=C\C/C=C\C/C=C\C/C=C\C/C=C\C/C=C\C/C=C\C/C=C\CCCCCCCCCCCCC(=O)NC(CO)C(O)/C=C/CC/C=C/CCCCC. The van der Waals surface area contributed by atoms with Crippen molar-refractivity contribution in [2.45, 2.75) is 193 Å². The van der Waals surface area contributed by atoms with Gasteiger partial charge in [-0.3, -0.25) is 4.79 Å². The van der Waals surface area contributed by atoms with Crippen molar-refractivity contribution in [2.24, 2.45) is 0 Å². The Bertz CT molecular complexity index is 1150. The quantitative estimate of drug-likeness (QED) is 0.0430. The summed E-state index contributed by atoms with van der Waals surface area (Å²) in [6.45, 7) is 4.11. The van der Waals surface area contributed by atoms with Crippen molar-refractivity contribution in [1.29, 1.82) is 0 Å². The molecule has 56 heavy (non-hydrogen) atoms. The van der Waals surface area contributed by atoms with Crippen LogP contribution in [0.25, 0.3) is 0 Å². The van der Waals surface area contributed by atoms with Gasteiger partial charge in [0.05, 0.1) is 18.8 Å². The molecule has 0 radical (unpaired) electrons. The second kappa shape index (κ2) is 46.2. The zero-order valence-corrected chi connectivity index (χ0v) is 36.1.